The molecule has 1 aliphatic rings. The zero-order valence-electron chi connectivity index (χ0n) is 8.25. The smallest absolute Gasteiger partial charge is 0.328 e. The first-order chi connectivity index (χ1) is 6.24. The predicted molar refractivity (Wildman–Crippen MR) is 52.6 cm³/mol. The van der Waals surface area contributed by atoms with E-state index < -0.39 is 5.97 Å². The van der Waals surface area contributed by atoms with Gasteiger partial charge in [0, 0.05) is 6.08 Å². The van der Waals surface area contributed by atoms with Gasteiger partial charge >= 0.3 is 5.97 Å². The second-order valence-corrected chi connectivity index (χ2v) is 3.76. The molecule has 0 amide bonds. The standard InChI is InChI=1S/C11H18O2/c1-2-9-6-4-3-5-7-10(9)8-11(12)13/h8-9H,2-7H2,1H3,(H,12,13)/b10-8+. The second-order valence-electron chi connectivity index (χ2n) is 3.76. The Hall–Kier alpha value is -0.790. The molecule has 13 heavy (non-hydrogen) atoms. The average Bonchev–Trinajstić information content (AvgIpc) is 2.28. The monoisotopic (exact) mass is 182 g/mol. The predicted octanol–water partition coefficient (Wildman–Crippen LogP) is 2.99. The zero-order chi connectivity index (χ0) is 9.68. The summed E-state index contributed by atoms with van der Waals surface area (Å²) in [4.78, 5) is 10.6. The van der Waals surface area contributed by atoms with E-state index in [-0.39, 0.29) is 0 Å². The van der Waals surface area contributed by atoms with Crippen LogP contribution in [0.3, 0.4) is 0 Å². The molecule has 1 rings (SSSR count). The van der Waals surface area contributed by atoms with Crippen LogP contribution in [0.2, 0.25) is 0 Å². The Morgan fingerprint density at radius 3 is 2.92 bits per heavy atom. The van der Waals surface area contributed by atoms with Crippen LogP contribution in [0.5, 0.6) is 0 Å². The number of allylic oxidation sites excluding steroid dienone is 1. The summed E-state index contributed by atoms with van der Waals surface area (Å²) in [5.74, 6) is -0.256. The molecule has 0 aromatic heterocycles. The Kier molecular flexibility index (Phi) is 4.00. The van der Waals surface area contributed by atoms with Gasteiger partial charge in [-0.1, -0.05) is 25.3 Å². The number of carbonyl (C=O) groups is 1. The van der Waals surface area contributed by atoms with E-state index >= 15 is 0 Å². The van der Waals surface area contributed by atoms with Gasteiger partial charge in [-0.3, -0.25) is 0 Å². The van der Waals surface area contributed by atoms with E-state index in [9.17, 15) is 4.79 Å². The summed E-state index contributed by atoms with van der Waals surface area (Å²) in [5.41, 5.74) is 1.16. The second kappa shape index (κ2) is 5.05. The van der Waals surface area contributed by atoms with Crippen LogP contribution >= 0.6 is 0 Å². The number of rotatable bonds is 2. The van der Waals surface area contributed by atoms with Crippen LogP contribution in [-0.2, 0) is 4.79 Å². The molecule has 0 saturated heterocycles. The quantitative estimate of drug-likeness (QED) is 0.526. The van der Waals surface area contributed by atoms with Gasteiger partial charge in [-0.05, 0) is 31.6 Å². The van der Waals surface area contributed by atoms with Crippen LogP contribution in [0.25, 0.3) is 0 Å². The van der Waals surface area contributed by atoms with Crippen LogP contribution in [-0.4, -0.2) is 11.1 Å². The Morgan fingerprint density at radius 1 is 1.54 bits per heavy atom. The highest BCUT2D eigenvalue weighted by Gasteiger charge is 2.16. The van der Waals surface area contributed by atoms with Crippen molar-refractivity contribution in [1.82, 2.24) is 0 Å². The lowest BCUT2D eigenvalue weighted by molar-refractivity contribution is -0.131. The molecule has 1 fully saturated rings. The number of carboxylic acid groups (broad SMARTS) is 1. The first-order valence-electron chi connectivity index (χ1n) is 5.17. The molecule has 1 atom stereocenters. The van der Waals surface area contributed by atoms with Gasteiger partial charge in [-0.2, -0.15) is 0 Å². The van der Waals surface area contributed by atoms with Crippen LogP contribution in [0.1, 0.15) is 45.4 Å². The summed E-state index contributed by atoms with van der Waals surface area (Å²) in [6, 6.07) is 0. The minimum atomic E-state index is -0.782. The molecule has 1 saturated carbocycles. The molecule has 0 aromatic rings. The van der Waals surface area contributed by atoms with Gasteiger partial charge in [0.25, 0.3) is 0 Å². The molecule has 1 aliphatic carbocycles. The van der Waals surface area contributed by atoms with Gasteiger partial charge in [0.1, 0.15) is 0 Å². The van der Waals surface area contributed by atoms with Crippen molar-refractivity contribution in [2.75, 3.05) is 0 Å². The topological polar surface area (TPSA) is 37.3 Å². The molecule has 0 aromatic carbocycles. The van der Waals surface area contributed by atoms with Gasteiger partial charge < -0.3 is 5.11 Å². The zero-order valence-corrected chi connectivity index (χ0v) is 8.25. The first kappa shape index (κ1) is 10.3. The van der Waals surface area contributed by atoms with Gasteiger partial charge in [0.2, 0.25) is 0 Å². The van der Waals surface area contributed by atoms with Crippen molar-refractivity contribution in [3.8, 4) is 0 Å². The van der Waals surface area contributed by atoms with Gasteiger partial charge in [-0.25, -0.2) is 4.79 Å². The van der Waals surface area contributed by atoms with Gasteiger partial charge in [-0.15, -0.1) is 0 Å². The van der Waals surface area contributed by atoms with Crippen molar-refractivity contribution in [3.63, 3.8) is 0 Å². The van der Waals surface area contributed by atoms with Crippen LogP contribution < -0.4 is 0 Å². The average molecular weight is 182 g/mol. The lowest BCUT2D eigenvalue weighted by Gasteiger charge is -2.14. The Balaban J connectivity index is 2.70. The van der Waals surface area contributed by atoms with Crippen molar-refractivity contribution in [1.29, 1.82) is 0 Å². The maximum Gasteiger partial charge on any atom is 0.328 e. The number of carboxylic acids is 1. The molecule has 0 spiro atoms. The molecule has 0 radical (unpaired) electrons. The minimum Gasteiger partial charge on any atom is -0.478 e. The molecular formula is C11H18O2. The van der Waals surface area contributed by atoms with E-state index in [2.05, 4.69) is 6.92 Å². The highest BCUT2D eigenvalue weighted by molar-refractivity contribution is 5.80. The summed E-state index contributed by atoms with van der Waals surface area (Å²) in [7, 11) is 0. The fraction of sp³-hybridized carbons (Fsp3) is 0.727. The van der Waals surface area contributed by atoms with Gasteiger partial charge in [0.15, 0.2) is 0 Å². The number of hydrogen-bond acceptors (Lipinski definition) is 1. The number of aliphatic carboxylic acids is 1. The molecule has 2 heteroatoms. The molecule has 0 aliphatic heterocycles. The molecule has 2 nitrogen and oxygen atoms in total. The largest absolute Gasteiger partial charge is 0.478 e. The maximum absolute atomic E-state index is 10.6. The lowest BCUT2D eigenvalue weighted by Crippen LogP contribution is -2.03. The molecule has 1 unspecified atom stereocenters. The van der Waals surface area contributed by atoms with Crippen molar-refractivity contribution in [2.45, 2.75) is 45.4 Å². The number of hydrogen-bond donors (Lipinski definition) is 1. The molecule has 74 valence electrons. The highest BCUT2D eigenvalue weighted by Crippen LogP contribution is 2.30. The third-order valence-electron chi connectivity index (χ3n) is 2.84. The van der Waals surface area contributed by atoms with E-state index in [0.29, 0.717) is 5.92 Å². The van der Waals surface area contributed by atoms with Crippen LogP contribution in [0.4, 0.5) is 0 Å². The molecule has 0 heterocycles. The van der Waals surface area contributed by atoms with Crippen molar-refractivity contribution in [2.24, 2.45) is 5.92 Å². The van der Waals surface area contributed by atoms with E-state index in [1.165, 1.54) is 25.3 Å². The SMILES string of the molecule is CCC1CCCCC/C1=C\C(=O)O. The summed E-state index contributed by atoms with van der Waals surface area (Å²) < 4.78 is 0. The summed E-state index contributed by atoms with van der Waals surface area (Å²) in [5, 5.41) is 8.69. The Morgan fingerprint density at radius 2 is 2.31 bits per heavy atom. The Labute approximate surface area is 79.6 Å². The third-order valence-corrected chi connectivity index (χ3v) is 2.84. The third kappa shape index (κ3) is 3.21. The summed E-state index contributed by atoms with van der Waals surface area (Å²) in [6.45, 7) is 2.14. The molecule has 1 N–H and O–H groups in total. The van der Waals surface area contributed by atoms with Crippen LogP contribution in [0.15, 0.2) is 11.6 Å². The van der Waals surface area contributed by atoms with Crippen molar-refractivity contribution >= 4 is 5.97 Å². The van der Waals surface area contributed by atoms with E-state index in [1.54, 1.807) is 0 Å². The first-order valence-corrected chi connectivity index (χ1v) is 5.17. The lowest BCUT2D eigenvalue weighted by atomic mass is 9.91. The fourth-order valence-corrected chi connectivity index (χ4v) is 2.10. The summed E-state index contributed by atoms with van der Waals surface area (Å²) >= 11 is 0. The van der Waals surface area contributed by atoms with Crippen molar-refractivity contribution < 1.29 is 9.90 Å². The van der Waals surface area contributed by atoms with Crippen LogP contribution in [0, 0.1) is 5.92 Å². The van der Waals surface area contributed by atoms with E-state index in [4.69, 9.17) is 5.11 Å². The molecular weight excluding hydrogens is 164 g/mol. The fourth-order valence-electron chi connectivity index (χ4n) is 2.10. The van der Waals surface area contributed by atoms with Gasteiger partial charge in [0.05, 0.1) is 0 Å². The van der Waals surface area contributed by atoms with E-state index in [0.717, 1.165) is 24.8 Å². The minimum absolute atomic E-state index is 0.526. The Bertz CT molecular complexity index is 206. The highest BCUT2D eigenvalue weighted by atomic mass is 16.4. The van der Waals surface area contributed by atoms with E-state index in [1.807, 2.05) is 0 Å². The molecule has 0 bridgehead atoms. The van der Waals surface area contributed by atoms with Crippen molar-refractivity contribution in [3.05, 3.63) is 11.6 Å². The normalized spacial score (nSPS) is 27.2. The summed E-state index contributed by atoms with van der Waals surface area (Å²) in [6.07, 6.45) is 8.36. The maximum atomic E-state index is 10.6.